The maximum absolute atomic E-state index is 13.7. The van der Waals surface area contributed by atoms with Crippen LogP contribution in [0.2, 0.25) is 0 Å². The van der Waals surface area contributed by atoms with Crippen molar-refractivity contribution in [1.29, 1.82) is 0 Å². The molecule has 0 radical (unpaired) electrons. The van der Waals surface area contributed by atoms with Crippen molar-refractivity contribution >= 4 is 21.6 Å². The Kier molecular flexibility index (Phi) is 6.89. The predicted octanol–water partition coefficient (Wildman–Crippen LogP) is 1.94. The topological polar surface area (TPSA) is 102 Å². The molecule has 0 aliphatic rings. The number of halogens is 1. The third-order valence-corrected chi connectivity index (χ3v) is 4.79. The van der Waals surface area contributed by atoms with E-state index in [1.807, 2.05) is 11.9 Å². The third kappa shape index (κ3) is 6.31. The fraction of sp³-hybridized carbons (Fsp3) is 0.278. The molecule has 0 aromatic heterocycles. The number of sulfonamides is 1. The molecule has 0 aliphatic carbocycles. The maximum Gasteiger partial charge on any atom is 0.238 e. The van der Waals surface area contributed by atoms with Crippen molar-refractivity contribution in [2.45, 2.75) is 17.9 Å². The number of ether oxygens (including phenoxy) is 1. The Labute approximate surface area is 158 Å². The second kappa shape index (κ2) is 8.94. The van der Waals surface area contributed by atoms with Gasteiger partial charge in [-0.25, -0.2) is 17.9 Å². The molecular weight excluding hydrogens is 373 g/mol. The first kappa shape index (κ1) is 20.8. The monoisotopic (exact) mass is 395 g/mol. The van der Waals surface area contributed by atoms with Crippen molar-refractivity contribution in [1.82, 2.24) is 4.90 Å². The van der Waals surface area contributed by atoms with E-state index in [2.05, 4.69) is 5.32 Å². The van der Waals surface area contributed by atoms with Crippen LogP contribution in [0.15, 0.2) is 47.4 Å². The number of carbonyl (C=O) groups is 1. The van der Waals surface area contributed by atoms with E-state index >= 15 is 0 Å². The van der Waals surface area contributed by atoms with Gasteiger partial charge in [-0.1, -0.05) is 6.07 Å². The maximum atomic E-state index is 13.7. The Bertz CT molecular complexity index is 901. The molecule has 0 aliphatic heterocycles. The highest BCUT2D eigenvalue weighted by atomic mass is 32.2. The molecule has 7 nitrogen and oxygen atoms in total. The van der Waals surface area contributed by atoms with Crippen LogP contribution in [0.3, 0.4) is 0 Å². The van der Waals surface area contributed by atoms with Gasteiger partial charge in [-0.3, -0.25) is 4.79 Å². The number of nitrogens with two attached hydrogens (primary N) is 1. The van der Waals surface area contributed by atoms with Crippen molar-refractivity contribution in [3.63, 3.8) is 0 Å². The highest BCUT2D eigenvalue weighted by Gasteiger charge is 2.10. The Morgan fingerprint density at radius 2 is 1.89 bits per heavy atom. The smallest absolute Gasteiger partial charge is 0.238 e. The Hall–Kier alpha value is -2.49. The lowest BCUT2D eigenvalue weighted by molar-refractivity contribution is -0.116. The van der Waals surface area contributed by atoms with Gasteiger partial charge in [0.1, 0.15) is 0 Å². The van der Waals surface area contributed by atoms with Crippen molar-refractivity contribution in [3.8, 4) is 5.75 Å². The Morgan fingerprint density at radius 3 is 2.44 bits per heavy atom. The van der Waals surface area contributed by atoms with E-state index in [1.54, 1.807) is 12.1 Å². The van der Waals surface area contributed by atoms with Crippen molar-refractivity contribution < 1.29 is 22.3 Å². The molecule has 0 bridgehead atoms. The van der Waals surface area contributed by atoms with Crippen molar-refractivity contribution in [3.05, 3.63) is 53.8 Å². The minimum absolute atomic E-state index is 0.0213. The van der Waals surface area contributed by atoms with E-state index in [-0.39, 0.29) is 23.0 Å². The highest BCUT2D eigenvalue weighted by Crippen LogP contribution is 2.18. The first-order valence-corrected chi connectivity index (χ1v) is 9.67. The minimum Gasteiger partial charge on any atom is -0.494 e. The highest BCUT2D eigenvalue weighted by molar-refractivity contribution is 7.89. The van der Waals surface area contributed by atoms with Crippen molar-refractivity contribution in [2.75, 3.05) is 26.0 Å². The zero-order valence-corrected chi connectivity index (χ0v) is 15.9. The van der Waals surface area contributed by atoms with Gasteiger partial charge in [0.25, 0.3) is 0 Å². The Morgan fingerprint density at radius 1 is 1.22 bits per heavy atom. The van der Waals surface area contributed by atoms with Crippen LogP contribution in [-0.2, 0) is 21.4 Å². The molecule has 0 spiro atoms. The lowest BCUT2D eigenvalue weighted by atomic mass is 10.2. The SMILES string of the molecule is COc1ccc(CN(C)CCC(=O)Nc2ccc(S(N)(=O)=O)cc2)cc1F. The number of carbonyl (C=O) groups excluding carboxylic acids is 1. The molecule has 0 heterocycles. The minimum atomic E-state index is -3.76. The molecule has 1 amide bonds. The number of nitrogens with zero attached hydrogens (tertiary/aromatic N) is 1. The van der Waals surface area contributed by atoms with Gasteiger partial charge in [0.15, 0.2) is 11.6 Å². The average Bonchev–Trinajstić information content (AvgIpc) is 2.60. The molecule has 0 saturated carbocycles. The summed E-state index contributed by atoms with van der Waals surface area (Å²) in [4.78, 5) is 13.9. The van der Waals surface area contributed by atoms with Crippen molar-refractivity contribution in [2.24, 2.45) is 5.14 Å². The summed E-state index contributed by atoms with van der Waals surface area (Å²) >= 11 is 0. The van der Waals surface area contributed by atoms with Gasteiger partial charge in [0, 0.05) is 25.2 Å². The van der Waals surface area contributed by atoms with E-state index in [4.69, 9.17) is 9.88 Å². The zero-order valence-electron chi connectivity index (χ0n) is 15.1. The molecule has 0 unspecified atom stereocenters. The number of rotatable bonds is 8. The second-order valence-corrected chi connectivity index (χ2v) is 7.64. The van der Waals surface area contributed by atoms with E-state index in [9.17, 15) is 17.6 Å². The summed E-state index contributed by atoms with van der Waals surface area (Å²) in [6.45, 7) is 0.950. The molecule has 0 saturated heterocycles. The number of nitrogens with one attached hydrogen (secondary N) is 1. The van der Waals surface area contributed by atoms with E-state index in [0.29, 0.717) is 18.8 Å². The lowest BCUT2D eigenvalue weighted by Crippen LogP contribution is -2.24. The van der Waals surface area contributed by atoms with Gasteiger partial charge in [0.05, 0.1) is 12.0 Å². The van der Waals surface area contributed by atoms with E-state index in [1.165, 1.54) is 37.4 Å². The summed E-state index contributed by atoms with van der Waals surface area (Å²) < 4.78 is 41.0. The summed E-state index contributed by atoms with van der Waals surface area (Å²) in [7, 11) is -0.523. The summed E-state index contributed by atoms with van der Waals surface area (Å²) in [5.41, 5.74) is 1.25. The lowest BCUT2D eigenvalue weighted by Gasteiger charge is -2.17. The summed E-state index contributed by atoms with van der Waals surface area (Å²) in [5.74, 6) is -0.454. The van der Waals surface area contributed by atoms with Gasteiger partial charge in [-0.2, -0.15) is 0 Å². The molecule has 3 N–H and O–H groups in total. The number of methoxy groups -OCH3 is 1. The standard InChI is InChI=1S/C18H22FN3O4S/c1-22(12-13-3-8-17(26-2)16(19)11-13)10-9-18(23)21-14-4-6-15(7-5-14)27(20,24)25/h3-8,11H,9-10,12H2,1-2H3,(H,21,23)(H2,20,24,25). The molecule has 146 valence electrons. The average molecular weight is 395 g/mol. The number of primary sulfonamides is 1. The van der Waals surface area contributed by atoms with Crippen LogP contribution < -0.4 is 15.2 Å². The quantitative estimate of drug-likeness (QED) is 0.711. The zero-order chi connectivity index (χ0) is 20.0. The molecule has 2 rings (SSSR count). The molecule has 2 aromatic rings. The number of benzene rings is 2. The molecule has 0 fully saturated rings. The first-order valence-electron chi connectivity index (χ1n) is 8.12. The van der Waals surface area contributed by atoms with Crippen LogP contribution in [0, 0.1) is 5.82 Å². The number of amides is 1. The summed E-state index contributed by atoms with van der Waals surface area (Å²) in [6, 6.07) is 10.3. The van der Waals surface area contributed by atoms with Gasteiger partial charge >= 0.3 is 0 Å². The summed E-state index contributed by atoms with van der Waals surface area (Å²) in [5, 5.41) is 7.71. The van der Waals surface area contributed by atoms with E-state index < -0.39 is 15.8 Å². The molecule has 2 aromatic carbocycles. The van der Waals surface area contributed by atoms with Crippen LogP contribution in [0.4, 0.5) is 10.1 Å². The van der Waals surface area contributed by atoms with Crippen LogP contribution in [0.25, 0.3) is 0 Å². The second-order valence-electron chi connectivity index (χ2n) is 6.07. The van der Waals surface area contributed by atoms with Crippen LogP contribution in [-0.4, -0.2) is 39.9 Å². The predicted molar refractivity (Wildman–Crippen MR) is 100 cm³/mol. The third-order valence-electron chi connectivity index (χ3n) is 3.86. The van der Waals surface area contributed by atoms with Crippen LogP contribution in [0.1, 0.15) is 12.0 Å². The molecular formula is C18H22FN3O4S. The number of hydrogen-bond donors (Lipinski definition) is 2. The normalized spacial score (nSPS) is 11.4. The molecule has 9 heteroatoms. The van der Waals surface area contributed by atoms with Gasteiger partial charge < -0.3 is 15.0 Å². The van der Waals surface area contributed by atoms with Gasteiger partial charge in [-0.05, 0) is 49.0 Å². The molecule has 0 atom stereocenters. The largest absolute Gasteiger partial charge is 0.494 e. The Balaban J connectivity index is 1.83. The summed E-state index contributed by atoms with van der Waals surface area (Å²) in [6.07, 6.45) is 0.228. The fourth-order valence-corrected chi connectivity index (χ4v) is 2.96. The van der Waals surface area contributed by atoms with Crippen LogP contribution in [0.5, 0.6) is 5.75 Å². The van der Waals surface area contributed by atoms with Gasteiger partial charge in [0.2, 0.25) is 15.9 Å². The van der Waals surface area contributed by atoms with Crippen LogP contribution >= 0.6 is 0 Å². The number of anilines is 1. The first-order chi connectivity index (χ1) is 12.7. The molecule has 27 heavy (non-hydrogen) atoms. The fourth-order valence-electron chi connectivity index (χ4n) is 2.44. The number of hydrogen-bond acceptors (Lipinski definition) is 5. The van der Waals surface area contributed by atoms with Gasteiger partial charge in [-0.15, -0.1) is 0 Å². The van der Waals surface area contributed by atoms with E-state index in [0.717, 1.165) is 5.56 Å².